The molecule has 1 saturated heterocycles. The Labute approximate surface area is 176 Å². The van der Waals surface area contributed by atoms with E-state index in [0.717, 1.165) is 41.4 Å². The van der Waals surface area contributed by atoms with Crippen LogP contribution in [-0.2, 0) is 22.2 Å². The number of rotatable bonds is 7. The fourth-order valence-electron chi connectivity index (χ4n) is 3.72. The molecule has 2 aliphatic rings. The van der Waals surface area contributed by atoms with Gasteiger partial charge in [0.25, 0.3) is 0 Å². The number of fused-ring (bicyclic) bond motifs is 1. The molecule has 0 radical (unpaired) electrons. The van der Waals surface area contributed by atoms with Crippen LogP contribution in [0, 0.1) is 0 Å². The van der Waals surface area contributed by atoms with Crippen LogP contribution in [0.3, 0.4) is 0 Å². The highest BCUT2D eigenvalue weighted by molar-refractivity contribution is 7.98. The maximum absolute atomic E-state index is 12.6. The van der Waals surface area contributed by atoms with Gasteiger partial charge in [-0.2, -0.15) is 4.31 Å². The maximum Gasteiger partial charge on any atom is 0.244 e. The molecule has 0 bridgehead atoms. The van der Waals surface area contributed by atoms with Gasteiger partial charge in [0.2, 0.25) is 10.0 Å². The summed E-state index contributed by atoms with van der Waals surface area (Å²) in [5.74, 6) is 2.48. The molecule has 3 heterocycles. The number of pyridine rings is 1. The van der Waals surface area contributed by atoms with Gasteiger partial charge in [-0.3, -0.25) is 0 Å². The molecule has 1 atom stereocenters. The first-order valence-corrected chi connectivity index (χ1v) is 12.4. The van der Waals surface area contributed by atoms with Crippen molar-refractivity contribution in [2.24, 2.45) is 0 Å². The molecule has 6 nitrogen and oxygen atoms in total. The lowest BCUT2D eigenvalue weighted by Crippen LogP contribution is -2.27. The molecular formula is C21H26N2O4S2. The van der Waals surface area contributed by atoms with E-state index in [1.165, 1.54) is 16.1 Å². The lowest BCUT2D eigenvalue weighted by atomic mass is 10.1. The molecule has 8 heteroatoms. The summed E-state index contributed by atoms with van der Waals surface area (Å²) in [6.45, 7) is 5.84. The van der Waals surface area contributed by atoms with Crippen molar-refractivity contribution in [3.05, 3.63) is 41.6 Å². The zero-order valence-electron chi connectivity index (χ0n) is 16.8. The van der Waals surface area contributed by atoms with Gasteiger partial charge in [-0.15, -0.1) is 11.8 Å². The molecule has 1 aromatic heterocycles. The summed E-state index contributed by atoms with van der Waals surface area (Å²) in [7, 11) is -3.42. The van der Waals surface area contributed by atoms with Gasteiger partial charge in [0.15, 0.2) is 0 Å². The molecule has 0 aliphatic carbocycles. The van der Waals surface area contributed by atoms with Gasteiger partial charge in [0.1, 0.15) is 22.5 Å². The fraction of sp³-hybridized carbons (Fsp3) is 0.476. The molecule has 29 heavy (non-hydrogen) atoms. The summed E-state index contributed by atoms with van der Waals surface area (Å²) < 4.78 is 38.5. The van der Waals surface area contributed by atoms with Crippen molar-refractivity contribution in [3.63, 3.8) is 0 Å². The Hall–Kier alpha value is -1.77. The first-order valence-electron chi connectivity index (χ1n) is 10.0. The first kappa shape index (κ1) is 20.5. The number of thioether (sulfide) groups is 1. The highest BCUT2D eigenvalue weighted by atomic mass is 32.2. The van der Waals surface area contributed by atoms with Gasteiger partial charge in [0, 0.05) is 42.6 Å². The van der Waals surface area contributed by atoms with E-state index in [2.05, 4.69) is 24.0 Å². The third-order valence-electron chi connectivity index (χ3n) is 5.17. The minimum Gasteiger partial charge on any atom is -0.494 e. The second kappa shape index (κ2) is 8.53. The predicted octanol–water partition coefficient (Wildman–Crippen LogP) is 3.88. The Morgan fingerprint density at radius 3 is 2.76 bits per heavy atom. The molecule has 0 spiro atoms. The van der Waals surface area contributed by atoms with Gasteiger partial charge < -0.3 is 9.47 Å². The van der Waals surface area contributed by atoms with Gasteiger partial charge >= 0.3 is 0 Å². The van der Waals surface area contributed by atoms with Crippen molar-refractivity contribution < 1.29 is 17.9 Å². The summed E-state index contributed by atoms with van der Waals surface area (Å²) in [6.07, 6.45) is 4.40. The van der Waals surface area contributed by atoms with E-state index in [1.807, 2.05) is 6.92 Å². The summed E-state index contributed by atoms with van der Waals surface area (Å²) in [5, 5.41) is 0.780. The zero-order chi connectivity index (χ0) is 20.4. The van der Waals surface area contributed by atoms with Crippen LogP contribution in [0.1, 0.15) is 37.8 Å². The molecule has 156 valence electrons. The molecule has 2 aliphatic heterocycles. The standard InChI is InChI=1S/C21H26N2O4S2/c1-3-26-19-11-16-10-15(2)27-20(16)12-17(19)14-28-21-7-6-18(13-22-21)29(24,25)23-8-4-5-9-23/h6-7,11-13,15H,3-5,8-10,14H2,1-2H3. The normalized spacial score (nSPS) is 19.2. The molecule has 0 saturated carbocycles. The van der Waals surface area contributed by atoms with Crippen LogP contribution in [0.2, 0.25) is 0 Å². The second-order valence-electron chi connectivity index (χ2n) is 7.37. The minimum absolute atomic E-state index is 0.189. The van der Waals surface area contributed by atoms with Crippen LogP contribution in [0.4, 0.5) is 0 Å². The predicted molar refractivity (Wildman–Crippen MR) is 113 cm³/mol. The van der Waals surface area contributed by atoms with Crippen LogP contribution in [0.25, 0.3) is 0 Å². The van der Waals surface area contributed by atoms with Crippen LogP contribution in [-0.4, -0.2) is 43.5 Å². The van der Waals surface area contributed by atoms with Crippen LogP contribution in [0.15, 0.2) is 40.4 Å². The Balaban J connectivity index is 1.47. The molecule has 1 unspecified atom stereocenters. The third-order valence-corrected chi connectivity index (χ3v) is 8.04. The molecule has 0 N–H and O–H groups in total. The number of hydrogen-bond donors (Lipinski definition) is 0. The molecular weight excluding hydrogens is 408 g/mol. The number of ether oxygens (including phenoxy) is 2. The Morgan fingerprint density at radius 2 is 2.07 bits per heavy atom. The fourth-order valence-corrected chi connectivity index (χ4v) is 6.00. The van der Waals surface area contributed by atoms with Crippen molar-refractivity contribution in [1.82, 2.24) is 9.29 Å². The lowest BCUT2D eigenvalue weighted by molar-refractivity contribution is 0.254. The summed E-state index contributed by atoms with van der Waals surface area (Å²) >= 11 is 1.56. The van der Waals surface area contributed by atoms with Crippen molar-refractivity contribution in [3.8, 4) is 11.5 Å². The van der Waals surface area contributed by atoms with Crippen molar-refractivity contribution in [1.29, 1.82) is 0 Å². The summed E-state index contributed by atoms with van der Waals surface area (Å²) in [4.78, 5) is 4.64. The molecule has 0 amide bonds. The zero-order valence-corrected chi connectivity index (χ0v) is 18.4. The van der Waals surface area contributed by atoms with Gasteiger partial charge in [-0.05, 0) is 51.0 Å². The molecule has 4 rings (SSSR count). The van der Waals surface area contributed by atoms with E-state index in [9.17, 15) is 8.42 Å². The number of nitrogens with zero attached hydrogens (tertiary/aromatic N) is 2. The largest absolute Gasteiger partial charge is 0.494 e. The average molecular weight is 435 g/mol. The molecule has 2 aromatic rings. The van der Waals surface area contributed by atoms with Crippen LogP contribution < -0.4 is 9.47 Å². The van der Waals surface area contributed by atoms with Crippen LogP contribution >= 0.6 is 11.8 Å². The van der Waals surface area contributed by atoms with E-state index in [-0.39, 0.29) is 11.0 Å². The monoisotopic (exact) mass is 434 g/mol. The minimum atomic E-state index is -3.42. The maximum atomic E-state index is 12.6. The van der Waals surface area contributed by atoms with E-state index >= 15 is 0 Å². The smallest absolute Gasteiger partial charge is 0.244 e. The number of benzene rings is 1. The lowest BCUT2D eigenvalue weighted by Gasteiger charge is -2.15. The Bertz CT molecular complexity index is 971. The molecule has 1 fully saturated rings. The number of sulfonamides is 1. The van der Waals surface area contributed by atoms with Gasteiger partial charge in [-0.1, -0.05) is 0 Å². The SMILES string of the molecule is CCOc1cc2c(cc1CSc1ccc(S(=O)(=O)N3CCCC3)cn1)OC(C)C2. The Morgan fingerprint density at radius 1 is 1.28 bits per heavy atom. The second-order valence-corrected chi connectivity index (χ2v) is 10.3. The van der Waals surface area contributed by atoms with Crippen molar-refractivity contribution in [2.45, 2.75) is 54.9 Å². The van der Waals surface area contributed by atoms with Crippen molar-refractivity contribution >= 4 is 21.8 Å². The van der Waals surface area contributed by atoms with E-state index in [4.69, 9.17) is 9.47 Å². The average Bonchev–Trinajstić information content (AvgIpc) is 3.36. The van der Waals surface area contributed by atoms with E-state index in [1.54, 1.807) is 23.9 Å². The van der Waals surface area contributed by atoms with E-state index in [0.29, 0.717) is 25.4 Å². The molecule has 1 aromatic carbocycles. The first-order chi connectivity index (χ1) is 14.0. The highest BCUT2D eigenvalue weighted by Gasteiger charge is 2.27. The van der Waals surface area contributed by atoms with E-state index < -0.39 is 10.0 Å². The summed E-state index contributed by atoms with van der Waals surface area (Å²) in [5.41, 5.74) is 2.24. The third kappa shape index (κ3) is 4.39. The number of hydrogen-bond acceptors (Lipinski definition) is 6. The highest BCUT2D eigenvalue weighted by Crippen LogP contribution is 2.37. The van der Waals surface area contributed by atoms with Crippen molar-refractivity contribution in [2.75, 3.05) is 19.7 Å². The summed E-state index contributed by atoms with van der Waals surface area (Å²) in [6, 6.07) is 7.57. The van der Waals surface area contributed by atoms with Gasteiger partial charge in [-0.25, -0.2) is 13.4 Å². The van der Waals surface area contributed by atoms with Crippen LogP contribution in [0.5, 0.6) is 11.5 Å². The quantitative estimate of drug-likeness (QED) is 0.616. The topological polar surface area (TPSA) is 68.7 Å². The van der Waals surface area contributed by atoms with Gasteiger partial charge in [0.05, 0.1) is 11.6 Å². The number of aromatic nitrogens is 1. The Kier molecular flexibility index (Phi) is 6.03.